The number of pyridine rings is 1. The summed E-state index contributed by atoms with van der Waals surface area (Å²) in [6.07, 6.45) is 11.1. The molecule has 0 atom stereocenters. The van der Waals surface area contributed by atoms with E-state index in [1.54, 1.807) is 29.3 Å². The van der Waals surface area contributed by atoms with Crippen molar-refractivity contribution in [2.75, 3.05) is 19.3 Å². The van der Waals surface area contributed by atoms with Gasteiger partial charge in [0.05, 0.1) is 4.90 Å². The number of piperidine rings is 1. The van der Waals surface area contributed by atoms with Crippen molar-refractivity contribution in [1.29, 1.82) is 0 Å². The van der Waals surface area contributed by atoms with Crippen LogP contribution in [0.25, 0.3) is 5.69 Å². The van der Waals surface area contributed by atoms with Crippen molar-refractivity contribution < 1.29 is 22.7 Å². The molecule has 0 radical (unpaired) electrons. The molecule has 0 spiro atoms. The lowest BCUT2D eigenvalue weighted by Gasteiger charge is -2.31. The molecule has 1 saturated heterocycles. The number of amides is 1. The highest BCUT2D eigenvalue weighted by atomic mass is 32.2. The van der Waals surface area contributed by atoms with Gasteiger partial charge in [-0.1, -0.05) is 6.08 Å². The fourth-order valence-corrected chi connectivity index (χ4v) is 4.41. The van der Waals surface area contributed by atoms with E-state index < -0.39 is 9.84 Å². The molecule has 1 aliphatic carbocycles. The quantitative estimate of drug-likeness (QED) is 0.664. The number of carbonyl (C=O) groups is 1. The highest BCUT2D eigenvalue weighted by Crippen LogP contribution is 2.20. The van der Waals surface area contributed by atoms with Crippen LogP contribution < -0.4 is 10.3 Å². The first-order valence-corrected chi connectivity index (χ1v) is 12.7. The van der Waals surface area contributed by atoms with Gasteiger partial charge < -0.3 is 14.4 Å². The number of aromatic nitrogens is 1. The maximum Gasteiger partial charge on any atom is 0.415 e. The Hall–Kier alpha value is -3.33. The third-order valence-corrected chi connectivity index (χ3v) is 6.73. The molecule has 0 N–H and O–H groups in total. The Balaban J connectivity index is 1.33. The third kappa shape index (κ3) is 5.73. The monoisotopic (exact) mass is 470 g/mol. The number of allylic oxidation sites excluding steroid dienone is 3. The molecule has 33 heavy (non-hydrogen) atoms. The summed E-state index contributed by atoms with van der Waals surface area (Å²) < 4.78 is 36.0. The molecule has 1 aliphatic heterocycles. The summed E-state index contributed by atoms with van der Waals surface area (Å²) in [5.41, 5.74) is 0.281. The zero-order valence-corrected chi connectivity index (χ0v) is 19.2. The van der Waals surface area contributed by atoms with E-state index in [2.05, 4.69) is 0 Å². The molecule has 1 aromatic carbocycles. The number of nitrogens with zero attached hydrogens (tertiary/aromatic N) is 2. The van der Waals surface area contributed by atoms with Crippen LogP contribution in [0.15, 0.2) is 76.3 Å². The summed E-state index contributed by atoms with van der Waals surface area (Å²) >= 11 is 0. The Morgan fingerprint density at radius 2 is 1.79 bits per heavy atom. The molecule has 1 aromatic heterocycles. The van der Waals surface area contributed by atoms with Crippen LogP contribution in [0.3, 0.4) is 0 Å². The van der Waals surface area contributed by atoms with Gasteiger partial charge in [0.25, 0.3) is 5.56 Å². The van der Waals surface area contributed by atoms with Gasteiger partial charge in [-0.15, -0.1) is 0 Å². The largest absolute Gasteiger partial charge is 0.490 e. The van der Waals surface area contributed by atoms with E-state index in [0.29, 0.717) is 43.1 Å². The molecule has 9 heteroatoms. The van der Waals surface area contributed by atoms with Gasteiger partial charge in [-0.2, -0.15) is 0 Å². The Morgan fingerprint density at radius 3 is 2.39 bits per heavy atom. The first-order valence-electron chi connectivity index (χ1n) is 10.8. The van der Waals surface area contributed by atoms with Gasteiger partial charge in [-0.3, -0.25) is 9.36 Å². The predicted octanol–water partition coefficient (Wildman–Crippen LogP) is 3.45. The summed E-state index contributed by atoms with van der Waals surface area (Å²) in [6, 6.07) is 9.24. The van der Waals surface area contributed by atoms with Crippen molar-refractivity contribution in [3.63, 3.8) is 0 Å². The molecular formula is C24H26N2O6S. The molecule has 0 bridgehead atoms. The number of ether oxygens (including phenoxy) is 2. The van der Waals surface area contributed by atoms with Crippen molar-refractivity contribution >= 4 is 15.9 Å². The lowest BCUT2D eigenvalue weighted by atomic mass is 10.1. The first kappa shape index (κ1) is 22.8. The van der Waals surface area contributed by atoms with Crippen molar-refractivity contribution in [1.82, 2.24) is 9.47 Å². The number of likely N-dealkylation sites (tertiary alicyclic amines) is 1. The predicted molar refractivity (Wildman–Crippen MR) is 123 cm³/mol. The molecular weight excluding hydrogens is 444 g/mol. The molecule has 8 nitrogen and oxygen atoms in total. The number of hydrogen-bond donors (Lipinski definition) is 0. The molecule has 2 aromatic rings. The zero-order chi connectivity index (χ0) is 23.4. The Morgan fingerprint density at radius 1 is 1.06 bits per heavy atom. The van der Waals surface area contributed by atoms with E-state index in [0.717, 1.165) is 19.1 Å². The van der Waals surface area contributed by atoms with Crippen LogP contribution in [0, 0.1) is 0 Å². The van der Waals surface area contributed by atoms with Gasteiger partial charge in [0.15, 0.2) is 9.84 Å². The molecule has 2 heterocycles. The summed E-state index contributed by atoms with van der Waals surface area (Å²) in [5.74, 6) is 1.05. The van der Waals surface area contributed by atoms with Crippen LogP contribution in [0.5, 0.6) is 5.75 Å². The van der Waals surface area contributed by atoms with Crippen LogP contribution in [0.4, 0.5) is 4.79 Å². The van der Waals surface area contributed by atoms with Crippen LogP contribution in [0.2, 0.25) is 0 Å². The topological polar surface area (TPSA) is 94.9 Å². The third-order valence-electron chi connectivity index (χ3n) is 5.60. The van der Waals surface area contributed by atoms with Crippen molar-refractivity contribution in [2.24, 2.45) is 0 Å². The van der Waals surface area contributed by atoms with Gasteiger partial charge in [0.1, 0.15) is 17.6 Å². The van der Waals surface area contributed by atoms with Gasteiger partial charge in [-0.25, -0.2) is 13.2 Å². The van der Waals surface area contributed by atoms with Crippen molar-refractivity contribution in [3.8, 4) is 11.4 Å². The second kappa shape index (κ2) is 9.66. The fraction of sp³-hybridized carbons (Fsp3) is 0.333. The van der Waals surface area contributed by atoms with Crippen LogP contribution in [-0.4, -0.2) is 49.4 Å². The van der Waals surface area contributed by atoms with Crippen LogP contribution in [0.1, 0.15) is 25.7 Å². The molecule has 0 saturated carbocycles. The maximum atomic E-state index is 12.6. The van der Waals surface area contributed by atoms with E-state index in [1.807, 2.05) is 18.2 Å². The SMILES string of the molecule is CS(=O)(=O)c1ccc(-n2ccc(OC3CCN(C(=O)OC4=CCCC=C4)CC3)cc2=O)cc1. The van der Waals surface area contributed by atoms with E-state index in [1.165, 1.54) is 22.8 Å². The first-order chi connectivity index (χ1) is 15.8. The molecule has 174 valence electrons. The molecule has 1 amide bonds. The average molecular weight is 471 g/mol. The Labute approximate surface area is 192 Å². The minimum Gasteiger partial charge on any atom is -0.490 e. The van der Waals surface area contributed by atoms with Crippen LogP contribution >= 0.6 is 0 Å². The normalized spacial score (nSPS) is 16.9. The highest BCUT2D eigenvalue weighted by molar-refractivity contribution is 7.90. The number of hydrogen-bond acceptors (Lipinski definition) is 6. The lowest BCUT2D eigenvalue weighted by Crippen LogP contribution is -2.42. The maximum absolute atomic E-state index is 12.6. The Bertz CT molecular complexity index is 1240. The van der Waals surface area contributed by atoms with Gasteiger partial charge in [0.2, 0.25) is 0 Å². The molecule has 2 aliphatic rings. The zero-order valence-electron chi connectivity index (χ0n) is 18.3. The molecule has 0 unspecified atom stereocenters. The number of sulfone groups is 1. The van der Waals surface area contributed by atoms with E-state index >= 15 is 0 Å². The number of rotatable bonds is 5. The highest BCUT2D eigenvalue weighted by Gasteiger charge is 2.25. The molecule has 1 fully saturated rings. The van der Waals surface area contributed by atoms with Gasteiger partial charge in [0, 0.05) is 50.1 Å². The summed E-state index contributed by atoms with van der Waals surface area (Å²) in [4.78, 5) is 26.8. The summed E-state index contributed by atoms with van der Waals surface area (Å²) in [6.45, 7) is 1.04. The van der Waals surface area contributed by atoms with E-state index in [-0.39, 0.29) is 22.7 Å². The summed E-state index contributed by atoms with van der Waals surface area (Å²) in [5, 5.41) is 0. The smallest absolute Gasteiger partial charge is 0.415 e. The second-order valence-corrected chi connectivity index (χ2v) is 10.1. The lowest BCUT2D eigenvalue weighted by molar-refractivity contribution is 0.0827. The van der Waals surface area contributed by atoms with Gasteiger partial charge in [-0.05, 0) is 55.3 Å². The summed E-state index contributed by atoms with van der Waals surface area (Å²) in [7, 11) is -3.30. The Kier molecular flexibility index (Phi) is 6.69. The average Bonchev–Trinajstić information content (AvgIpc) is 2.80. The van der Waals surface area contributed by atoms with Crippen LogP contribution in [-0.2, 0) is 14.6 Å². The van der Waals surface area contributed by atoms with Crippen molar-refractivity contribution in [2.45, 2.75) is 36.7 Å². The fourth-order valence-electron chi connectivity index (χ4n) is 3.78. The number of benzene rings is 1. The van der Waals surface area contributed by atoms with Gasteiger partial charge >= 0.3 is 6.09 Å². The standard InChI is InChI=1S/C24H26N2O6S/c1-33(29,30)22-9-7-18(8-10-22)26-16-13-21(17-23(26)27)31-20-11-14-25(15-12-20)24(28)32-19-5-3-2-4-6-19/h3,5-10,13,16-17,20H,2,4,11-12,14-15H2,1H3. The minimum atomic E-state index is -3.30. The number of carbonyl (C=O) groups excluding carboxylic acids is 1. The minimum absolute atomic E-state index is 0.105. The second-order valence-electron chi connectivity index (χ2n) is 8.10. The van der Waals surface area contributed by atoms with E-state index in [4.69, 9.17) is 9.47 Å². The van der Waals surface area contributed by atoms with Crippen molar-refractivity contribution in [3.05, 3.63) is 76.9 Å². The van der Waals surface area contributed by atoms with E-state index in [9.17, 15) is 18.0 Å². The molecule has 4 rings (SSSR count).